The largest absolute Gasteiger partial charge is 0.357 e. The molecule has 4 rings (SSSR count). The van der Waals surface area contributed by atoms with E-state index in [0.29, 0.717) is 12.3 Å². The van der Waals surface area contributed by atoms with Gasteiger partial charge in [-0.3, -0.25) is 9.79 Å². The molecule has 3 aliphatic heterocycles. The molecule has 4 heterocycles. The summed E-state index contributed by atoms with van der Waals surface area (Å²) >= 11 is 0. The summed E-state index contributed by atoms with van der Waals surface area (Å²) in [7, 11) is 0. The number of aromatic nitrogens is 3. The number of fused-ring (bicyclic) bond motifs is 1. The molecule has 1 amide bonds. The van der Waals surface area contributed by atoms with Gasteiger partial charge in [0.15, 0.2) is 5.96 Å². The van der Waals surface area contributed by atoms with Crippen molar-refractivity contribution in [3.05, 3.63) is 11.6 Å². The SMILES string of the molecule is CCNC(=NCC1CCc2nnc(C)n2C1)N1CCCC2(CNC(=O)C2)C1.I. The van der Waals surface area contributed by atoms with Crippen molar-refractivity contribution in [2.45, 2.75) is 52.5 Å². The summed E-state index contributed by atoms with van der Waals surface area (Å²) in [6.45, 7) is 9.51. The zero-order chi connectivity index (χ0) is 18.9. The third-order valence-corrected chi connectivity index (χ3v) is 6.22. The third kappa shape index (κ3) is 4.44. The number of nitrogens with zero attached hydrogens (tertiary/aromatic N) is 5. The Morgan fingerprint density at radius 1 is 1.43 bits per heavy atom. The highest BCUT2D eigenvalue weighted by atomic mass is 127. The zero-order valence-electron chi connectivity index (χ0n) is 16.9. The van der Waals surface area contributed by atoms with Crippen LogP contribution in [0, 0.1) is 18.3 Å². The number of nitrogens with one attached hydrogen (secondary N) is 2. The van der Waals surface area contributed by atoms with Crippen LogP contribution in [0.4, 0.5) is 0 Å². The lowest BCUT2D eigenvalue weighted by Crippen LogP contribution is -2.51. The molecule has 1 aromatic rings. The van der Waals surface area contributed by atoms with E-state index in [-0.39, 0.29) is 35.3 Å². The van der Waals surface area contributed by atoms with Crippen molar-refractivity contribution < 1.29 is 4.79 Å². The molecule has 0 saturated carbocycles. The Bertz CT molecular complexity index is 734. The highest BCUT2D eigenvalue weighted by molar-refractivity contribution is 14.0. The lowest BCUT2D eigenvalue weighted by atomic mass is 9.79. The number of guanidine groups is 1. The molecular weight excluding hydrogens is 469 g/mol. The number of rotatable bonds is 3. The predicted octanol–water partition coefficient (Wildman–Crippen LogP) is 1.33. The molecule has 2 unspecified atom stereocenters. The van der Waals surface area contributed by atoms with Crippen LogP contribution in [0.2, 0.25) is 0 Å². The molecule has 3 aliphatic rings. The van der Waals surface area contributed by atoms with Gasteiger partial charge in [0.05, 0.1) is 0 Å². The molecule has 1 spiro atoms. The van der Waals surface area contributed by atoms with Crippen LogP contribution in [0.3, 0.4) is 0 Å². The first-order valence-electron chi connectivity index (χ1n) is 10.3. The second-order valence-corrected chi connectivity index (χ2v) is 8.35. The molecule has 2 N–H and O–H groups in total. The van der Waals surface area contributed by atoms with Crippen molar-refractivity contribution in [3.8, 4) is 0 Å². The van der Waals surface area contributed by atoms with E-state index < -0.39 is 0 Å². The Kier molecular flexibility index (Phi) is 6.82. The first-order valence-corrected chi connectivity index (χ1v) is 10.3. The number of likely N-dealkylation sites (tertiary alicyclic amines) is 1. The second kappa shape index (κ2) is 8.96. The lowest BCUT2D eigenvalue weighted by Gasteiger charge is -2.41. The summed E-state index contributed by atoms with van der Waals surface area (Å²) in [5.74, 6) is 3.83. The summed E-state index contributed by atoms with van der Waals surface area (Å²) in [5, 5.41) is 15.0. The minimum absolute atomic E-state index is 0. The predicted molar refractivity (Wildman–Crippen MR) is 119 cm³/mol. The zero-order valence-corrected chi connectivity index (χ0v) is 19.2. The van der Waals surface area contributed by atoms with E-state index in [4.69, 9.17) is 4.99 Å². The molecule has 9 heteroatoms. The summed E-state index contributed by atoms with van der Waals surface area (Å²) < 4.78 is 2.24. The van der Waals surface area contributed by atoms with E-state index in [2.05, 4.69) is 37.2 Å². The van der Waals surface area contributed by atoms with Gasteiger partial charge in [0, 0.05) is 57.5 Å². The van der Waals surface area contributed by atoms with E-state index in [1.807, 2.05) is 6.92 Å². The van der Waals surface area contributed by atoms with Gasteiger partial charge in [-0.2, -0.15) is 0 Å². The quantitative estimate of drug-likeness (QED) is 0.371. The van der Waals surface area contributed by atoms with Gasteiger partial charge in [-0.05, 0) is 39.0 Å². The van der Waals surface area contributed by atoms with Gasteiger partial charge in [-0.15, -0.1) is 34.2 Å². The van der Waals surface area contributed by atoms with Gasteiger partial charge in [0.2, 0.25) is 5.91 Å². The van der Waals surface area contributed by atoms with E-state index in [1.54, 1.807) is 0 Å². The van der Waals surface area contributed by atoms with E-state index in [9.17, 15) is 4.79 Å². The van der Waals surface area contributed by atoms with Crippen LogP contribution in [0.5, 0.6) is 0 Å². The molecule has 2 atom stereocenters. The molecule has 0 aromatic carbocycles. The second-order valence-electron chi connectivity index (χ2n) is 8.35. The monoisotopic (exact) mass is 501 g/mol. The maximum Gasteiger partial charge on any atom is 0.220 e. The summed E-state index contributed by atoms with van der Waals surface area (Å²) in [6, 6.07) is 0. The topological polar surface area (TPSA) is 87.4 Å². The number of carbonyl (C=O) groups excluding carboxylic acids is 1. The molecule has 8 nitrogen and oxygen atoms in total. The van der Waals surface area contributed by atoms with Crippen molar-refractivity contribution in [1.29, 1.82) is 0 Å². The molecule has 156 valence electrons. The van der Waals surface area contributed by atoms with Gasteiger partial charge < -0.3 is 20.1 Å². The normalized spacial score (nSPS) is 27.4. The van der Waals surface area contributed by atoms with Crippen molar-refractivity contribution in [2.24, 2.45) is 16.3 Å². The molecule has 0 bridgehead atoms. The van der Waals surface area contributed by atoms with Crippen molar-refractivity contribution in [2.75, 3.05) is 32.7 Å². The van der Waals surface area contributed by atoms with Gasteiger partial charge in [0.25, 0.3) is 0 Å². The Morgan fingerprint density at radius 2 is 2.29 bits per heavy atom. The maximum atomic E-state index is 11.8. The fourth-order valence-corrected chi connectivity index (χ4v) is 4.75. The fraction of sp³-hybridized carbons (Fsp3) is 0.789. The third-order valence-electron chi connectivity index (χ3n) is 6.22. The summed E-state index contributed by atoms with van der Waals surface area (Å²) in [6.07, 6.45) is 4.99. The summed E-state index contributed by atoms with van der Waals surface area (Å²) in [4.78, 5) is 19.1. The van der Waals surface area contributed by atoms with Gasteiger partial charge in [-0.25, -0.2) is 0 Å². The van der Waals surface area contributed by atoms with E-state index in [0.717, 1.165) is 82.6 Å². The highest BCUT2D eigenvalue weighted by Crippen LogP contribution is 2.36. The number of hydrogen-bond donors (Lipinski definition) is 2. The van der Waals surface area contributed by atoms with Crippen LogP contribution in [-0.4, -0.2) is 64.3 Å². The number of aliphatic imine (C=N–C) groups is 1. The first-order chi connectivity index (χ1) is 13.1. The number of carbonyl (C=O) groups is 1. The lowest BCUT2D eigenvalue weighted by molar-refractivity contribution is -0.119. The van der Waals surface area contributed by atoms with Crippen LogP contribution >= 0.6 is 24.0 Å². The number of halogens is 1. The van der Waals surface area contributed by atoms with E-state index >= 15 is 0 Å². The highest BCUT2D eigenvalue weighted by Gasteiger charge is 2.42. The smallest absolute Gasteiger partial charge is 0.220 e. The van der Waals surface area contributed by atoms with Crippen LogP contribution in [0.25, 0.3) is 0 Å². The Morgan fingerprint density at radius 3 is 3.04 bits per heavy atom. The summed E-state index contributed by atoms with van der Waals surface area (Å²) in [5.41, 5.74) is 0.0882. The number of aryl methyl sites for hydroxylation is 2. The molecule has 1 aromatic heterocycles. The minimum Gasteiger partial charge on any atom is -0.357 e. The maximum absolute atomic E-state index is 11.8. The van der Waals surface area contributed by atoms with Gasteiger partial charge in [0.1, 0.15) is 11.6 Å². The van der Waals surface area contributed by atoms with E-state index in [1.165, 1.54) is 0 Å². The van der Waals surface area contributed by atoms with Crippen LogP contribution in [0.1, 0.15) is 44.3 Å². The average Bonchev–Trinajstić information content (AvgIpc) is 3.21. The Labute approximate surface area is 184 Å². The minimum atomic E-state index is 0. The number of hydrogen-bond acceptors (Lipinski definition) is 4. The van der Waals surface area contributed by atoms with Crippen LogP contribution < -0.4 is 10.6 Å². The molecular formula is C19H32IN7O. The van der Waals surface area contributed by atoms with Crippen LogP contribution in [-0.2, 0) is 17.8 Å². The Hall–Kier alpha value is -1.39. The molecule has 28 heavy (non-hydrogen) atoms. The van der Waals surface area contributed by atoms with Gasteiger partial charge >= 0.3 is 0 Å². The fourth-order valence-electron chi connectivity index (χ4n) is 4.75. The molecule has 2 fully saturated rings. The number of amides is 1. The number of piperidine rings is 1. The van der Waals surface area contributed by atoms with Crippen molar-refractivity contribution in [1.82, 2.24) is 30.3 Å². The standard InChI is InChI=1S/C19H31N7O.HI/c1-3-20-18(25-8-4-7-19(13-25)9-17(27)22-12-19)21-10-15-5-6-16-24-23-14(2)26(16)11-15;/h15H,3-13H2,1-2H3,(H,20,21)(H,22,27);1H. The molecule has 2 saturated heterocycles. The first kappa shape index (κ1) is 21.3. The Balaban J connectivity index is 0.00000225. The average molecular weight is 501 g/mol. The van der Waals surface area contributed by atoms with Gasteiger partial charge in [-0.1, -0.05) is 0 Å². The van der Waals surface area contributed by atoms with Crippen LogP contribution in [0.15, 0.2) is 4.99 Å². The van der Waals surface area contributed by atoms with Crippen molar-refractivity contribution in [3.63, 3.8) is 0 Å². The molecule has 0 radical (unpaired) electrons. The van der Waals surface area contributed by atoms with Crippen molar-refractivity contribution >= 4 is 35.8 Å². The molecule has 0 aliphatic carbocycles.